The van der Waals surface area contributed by atoms with Crippen molar-refractivity contribution in [2.45, 2.75) is 380 Å². The number of carbonyl (C=O) groups excluding carboxylic acids is 4. The van der Waals surface area contributed by atoms with Crippen LogP contribution in [-0.4, -0.2) is 149 Å². The fourth-order valence-corrected chi connectivity index (χ4v) is 13.5. The predicted molar refractivity (Wildman–Crippen MR) is 413 cm³/mol. The second-order valence-corrected chi connectivity index (χ2v) is 34.7. The van der Waals surface area contributed by atoms with Crippen LogP contribution in [0.15, 0.2) is 0 Å². The molecule has 0 spiro atoms. The monoisotopic (exact) mass is 1360 g/mol. The molecule has 96 heavy (non-hydrogen) atoms. The minimum atomic E-state index is -0.0164. The summed E-state index contributed by atoms with van der Waals surface area (Å²) in [6.07, 6.45) is 44.5. The zero-order valence-corrected chi connectivity index (χ0v) is 68.0. The smallest absolute Gasteiger partial charge is 0.306 e. The van der Waals surface area contributed by atoms with Gasteiger partial charge in [-0.05, 0) is 203 Å². The topological polar surface area (TPSA) is 118 Å². The summed E-state index contributed by atoms with van der Waals surface area (Å²) < 4.78 is 22.6. The van der Waals surface area contributed by atoms with E-state index >= 15 is 0 Å². The van der Waals surface area contributed by atoms with E-state index in [0.29, 0.717) is 85.2 Å². The van der Waals surface area contributed by atoms with Crippen molar-refractivity contribution >= 4 is 23.9 Å². The molecule has 2 atom stereocenters. The van der Waals surface area contributed by atoms with Crippen molar-refractivity contribution in [3.8, 4) is 0 Å². The largest absolute Gasteiger partial charge is 0.466 e. The molecule has 0 aromatic carbocycles. The number of carbonyl (C=O) groups is 4. The van der Waals surface area contributed by atoms with Gasteiger partial charge in [0.05, 0.1) is 13.2 Å². The average molecular weight is 1360 g/mol. The number of esters is 4. The lowest BCUT2D eigenvalue weighted by Gasteiger charge is -2.24. The van der Waals surface area contributed by atoms with Gasteiger partial charge in [-0.15, -0.1) is 0 Å². The van der Waals surface area contributed by atoms with E-state index in [2.05, 4.69) is 159 Å². The maximum absolute atomic E-state index is 12.4. The van der Waals surface area contributed by atoms with Crippen molar-refractivity contribution in [2.75, 3.05) is 93.8 Å². The lowest BCUT2D eigenvalue weighted by Crippen LogP contribution is -2.33. The molecule has 0 rings (SSSR count). The van der Waals surface area contributed by atoms with Crippen molar-refractivity contribution in [1.29, 1.82) is 0 Å². The molecule has 0 saturated carbocycles. The Morgan fingerprint density at radius 1 is 0.292 bits per heavy atom. The van der Waals surface area contributed by atoms with Gasteiger partial charge >= 0.3 is 23.9 Å². The third kappa shape index (κ3) is 73.0. The van der Waals surface area contributed by atoms with Crippen molar-refractivity contribution in [3.05, 3.63) is 0 Å². The molecule has 2 unspecified atom stereocenters. The van der Waals surface area contributed by atoms with Crippen LogP contribution >= 0.6 is 0 Å². The molecular weight excluding hydrogens is 1190 g/mol. The molecule has 0 N–H and O–H groups in total. The summed E-state index contributed by atoms with van der Waals surface area (Å²) in [6, 6.07) is 0. The molecule has 0 aliphatic rings. The van der Waals surface area contributed by atoms with Crippen LogP contribution in [-0.2, 0) is 38.1 Å². The van der Waals surface area contributed by atoms with Crippen LogP contribution in [0.2, 0.25) is 0 Å². The molecule has 0 heterocycles. The summed E-state index contributed by atoms with van der Waals surface area (Å²) in [7, 11) is 8.67. The number of ether oxygens (including phenoxy) is 4. The fourth-order valence-electron chi connectivity index (χ4n) is 13.5. The summed E-state index contributed by atoms with van der Waals surface area (Å²) >= 11 is 0. The highest BCUT2D eigenvalue weighted by molar-refractivity contribution is 5.70. The van der Waals surface area contributed by atoms with Gasteiger partial charge in [-0.2, -0.15) is 0 Å². The fraction of sp³-hybridized carbons (Fsp3) is 0.952. The number of nitrogens with zero attached hydrogens (tertiary/aromatic N) is 4. The average Bonchev–Trinajstić information content (AvgIpc) is 2.13. The highest BCUT2D eigenvalue weighted by atomic mass is 16.6. The first kappa shape index (κ1) is 95.8. The summed E-state index contributed by atoms with van der Waals surface area (Å²) in [4.78, 5) is 58.8. The minimum absolute atomic E-state index is 0.000704. The molecule has 12 heteroatoms. The second-order valence-electron chi connectivity index (χ2n) is 34.7. The maximum Gasteiger partial charge on any atom is 0.306 e. The number of unbranched alkanes of at least 4 members (excludes halogenated alkanes) is 24. The highest BCUT2D eigenvalue weighted by Crippen LogP contribution is 2.28. The van der Waals surface area contributed by atoms with Crippen LogP contribution in [0.1, 0.15) is 368 Å². The van der Waals surface area contributed by atoms with E-state index in [4.69, 9.17) is 18.9 Å². The van der Waals surface area contributed by atoms with Gasteiger partial charge in [0.1, 0.15) is 12.2 Å². The molecule has 0 bridgehead atoms. The molecule has 12 nitrogen and oxygen atoms in total. The Hall–Kier alpha value is -2.28. The van der Waals surface area contributed by atoms with E-state index in [1.54, 1.807) is 0 Å². The molecule has 0 amide bonds. The Bertz CT molecular complexity index is 1640. The number of hydrogen-bond donors (Lipinski definition) is 0. The Morgan fingerprint density at radius 2 is 0.510 bits per heavy atom. The van der Waals surface area contributed by atoms with Crippen molar-refractivity contribution < 1.29 is 38.1 Å². The van der Waals surface area contributed by atoms with Crippen molar-refractivity contribution in [3.63, 3.8) is 0 Å². The maximum atomic E-state index is 12.4. The predicted octanol–water partition coefficient (Wildman–Crippen LogP) is 22.2. The molecule has 0 aromatic heterocycles. The third-order valence-electron chi connectivity index (χ3n) is 18.4. The van der Waals surface area contributed by atoms with Crippen molar-refractivity contribution in [2.24, 2.45) is 46.3 Å². The summed E-state index contributed by atoms with van der Waals surface area (Å²) in [5, 5.41) is 0. The van der Waals surface area contributed by atoms with Gasteiger partial charge in [-0.1, -0.05) is 239 Å². The Morgan fingerprint density at radius 3 is 0.729 bits per heavy atom. The molecule has 0 radical (unpaired) electrons. The van der Waals surface area contributed by atoms with Crippen LogP contribution in [0.3, 0.4) is 0 Å². The highest BCUT2D eigenvalue weighted by Gasteiger charge is 2.21. The van der Waals surface area contributed by atoms with Crippen LogP contribution in [0.5, 0.6) is 0 Å². The first-order valence-electron chi connectivity index (χ1n) is 40.8. The standard InChI is InChI=1S/2C42H84N2O4/c1-37(35-41(3,4)5)27-33-47-39(45)25-21-17-13-11-15-19-23-29-44(32-31-43(9)10)30-24-20-16-12-14-18-22-26-40(46)48-34-28-38(2)36-42(6,7)8;1-35(2)31-39(32-36(3)4)47-41(45)25-21-17-13-11-15-19-23-27-44(30-29-43(9)10)28-24-20-16-12-14-18-22-26-42(46)48-40(33-37(5)6)34-38(7)8/h37-38H,11-36H2,1-10H3;35-40H,11-34H2,1-10H3. The van der Waals surface area contributed by atoms with Gasteiger partial charge < -0.3 is 38.5 Å². The molecule has 0 fully saturated rings. The number of likely N-dealkylation sites (N-methyl/N-ethyl adjacent to an activating group) is 2. The SMILES string of the molecule is CC(C)CC(CC(C)C)OC(=O)CCCCCCCCCN(CCCCCCCCCC(=O)OC(CC(C)C)CC(C)C)CCN(C)C.CC(CCOC(=O)CCCCCCCCCN(CCCCCCCCCC(=O)OCCC(C)CC(C)(C)C)CCN(C)C)CC(C)(C)C. The van der Waals surface area contributed by atoms with Crippen LogP contribution in [0.4, 0.5) is 0 Å². The van der Waals surface area contributed by atoms with E-state index < -0.39 is 0 Å². The molecule has 0 aromatic rings. The molecular formula is C84H168N4O8. The third-order valence-corrected chi connectivity index (χ3v) is 18.4. The van der Waals surface area contributed by atoms with Gasteiger partial charge in [0.15, 0.2) is 0 Å². The second kappa shape index (κ2) is 62.5. The Kier molecular flexibility index (Phi) is 62.3. The summed E-state index contributed by atoms with van der Waals surface area (Å²) in [6.45, 7) is 46.3. The quantitative estimate of drug-likeness (QED) is 0.0328. The van der Waals surface area contributed by atoms with E-state index in [1.165, 1.54) is 167 Å². The lowest BCUT2D eigenvalue weighted by molar-refractivity contribution is -0.151. The van der Waals surface area contributed by atoms with Crippen LogP contribution < -0.4 is 0 Å². The summed E-state index contributed by atoms with van der Waals surface area (Å²) in [5.74, 6) is 3.38. The lowest BCUT2D eigenvalue weighted by atomic mass is 9.84. The zero-order valence-electron chi connectivity index (χ0n) is 68.0. The van der Waals surface area contributed by atoms with E-state index in [9.17, 15) is 19.2 Å². The summed E-state index contributed by atoms with van der Waals surface area (Å²) in [5.41, 5.74) is 0.671. The van der Waals surface area contributed by atoms with Crippen LogP contribution in [0, 0.1) is 46.3 Å². The normalized spacial score (nSPS) is 13.0. The minimum Gasteiger partial charge on any atom is -0.466 e. The zero-order chi connectivity index (χ0) is 72.4. The van der Waals surface area contributed by atoms with Gasteiger partial charge in [-0.25, -0.2) is 0 Å². The molecule has 0 aliphatic carbocycles. The van der Waals surface area contributed by atoms with E-state index in [0.717, 1.165) is 116 Å². The molecule has 572 valence electrons. The van der Waals surface area contributed by atoms with Gasteiger partial charge in [-0.3, -0.25) is 19.2 Å². The molecule has 0 aliphatic heterocycles. The van der Waals surface area contributed by atoms with Gasteiger partial charge in [0, 0.05) is 51.9 Å². The van der Waals surface area contributed by atoms with E-state index in [-0.39, 0.29) is 36.1 Å². The van der Waals surface area contributed by atoms with Crippen molar-refractivity contribution in [1.82, 2.24) is 19.6 Å². The number of hydrogen-bond acceptors (Lipinski definition) is 12. The van der Waals surface area contributed by atoms with E-state index in [1.807, 2.05) is 0 Å². The first-order valence-corrected chi connectivity index (χ1v) is 40.8. The first-order chi connectivity index (χ1) is 45.3. The molecule has 0 saturated heterocycles. The Balaban J connectivity index is 0. The number of rotatable bonds is 64. The Labute approximate surface area is 598 Å². The van der Waals surface area contributed by atoms with Gasteiger partial charge in [0.2, 0.25) is 0 Å². The van der Waals surface area contributed by atoms with Gasteiger partial charge in [0.25, 0.3) is 0 Å². The van der Waals surface area contributed by atoms with Crippen LogP contribution in [0.25, 0.3) is 0 Å².